The molecule has 3 rings (SSSR count). The normalized spacial score (nSPS) is 21.1. The van der Waals surface area contributed by atoms with Gasteiger partial charge in [-0.2, -0.15) is 0 Å². The summed E-state index contributed by atoms with van der Waals surface area (Å²) in [5.74, 6) is 0.421. The Balaban J connectivity index is 2.04. The highest BCUT2D eigenvalue weighted by Gasteiger charge is 2.36. The summed E-state index contributed by atoms with van der Waals surface area (Å²) in [5.41, 5.74) is 4.92. The van der Waals surface area contributed by atoms with Gasteiger partial charge in [-0.3, -0.25) is 0 Å². The number of hydrogen-bond acceptors (Lipinski definition) is 0. The third-order valence-electron chi connectivity index (χ3n) is 4.79. The van der Waals surface area contributed by atoms with Crippen molar-refractivity contribution in [3.05, 3.63) is 70.5 Å². The van der Waals surface area contributed by atoms with E-state index in [1.165, 1.54) is 17.2 Å². The topological polar surface area (TPSA) is 0 Å². The van der Waals surface area contributed by atoms with E-state index in [1.807, 2.05) is 13.0 Å². The molecule has 0 amide bonds. The number of hydrogen-bond donors (Lipinski definition) is 0. The molecular formula is C19H20ClF. The minimum atomic E-state index is -0.163. The highest BCUT2D eigenvalue weighted by molar-refractivity contribution is 6.18. The molecule has 0 saturated carbocycles. The van der Waals surface area contributed by atoms with Crippen LogP contribution >= 0.6 is 11.6 Å². The van der Waals surface area contributed by atoms with Crippen LogP contribution in [0.15, 0.2) is 42.5 Å². The molecule has 0 nitrogen and oxygen atoms in total. The maximum atomic E-state index is 13.6. The Morgan fingerprint density at radius 3 is 2.81 bits per heavy atom. The Hall–Kier alpha value is -1.34. The number of aryl methyl sites for hydroxylation is 2. The van der Waals surface area contributed by atoms with E-state index in [9.17, 15) is 4.39 Å². The first-order chi connectivity index (χ1) is 10.1. The van der Waals surface area contributed by atoms with Gasteiger partial charge in [0, 0.05) is 11.3 Å². The van der Waals surface area contributed by atoms with Gasteiger partial charge in [-0.1, -0.05) is 30.3 Å². The van der Waals surface area contributed by atoms with E-state index in [0.29, 0.717) is 5.88 Å². The first-order valence-electron chi connectivity index (χ1n) is 7.54. The molecule has 0 saturated heterocycles. The van der Waals surface area contributed by atoms with E-state index < -0.39 is 0 Å². The molecule has 0 heterocycles. The fraction of sp³-hybridized carbons (Fsp3) is 0.368. The van der Waals surface area contributed by atoms with Crippen molar-refractivity contribution in [3.8, 4) is 0 Å². The molecule has 2 aromatic rings. The van der Waals surface area contributed by atoms with Gasteiger partial charge >= 0.3 is 0 Å². The maximum Gasteiger partial charge on any atom is 0.123 e. The van der Waals surface area contributed by atoms with Gasteiger partial charge in [0.2, 0.25) is 0 Å². The van der Waals surface area contributed by atoms with Gasteiger partial charge in [-0.05, 0) is 67.0 Å². The van der Waals surface area contributed by atoms with Crippen molar-refractivity contribution in [1.82, 2.24) is 0 Å². The summed E-state index contributed by atoms with van der Waals surface area (Å²) in [6, 6.07) is 13.6. The average molecular weight is 303 g/mol. The zero-order chi connectivity index (χ0) is 14.9. The molecule has 0 spiro atoms. The molecule has 0 N–H and O–H groups in total. The Bertz CT molecular complexity index is 650. The second-order valence-corrected chi connectivity index (χ2v) is 6.44. The van der Waals surface area contributed by atoms with E-state index in [1.54, 1.807) is 6.07 Å². The van der Waals surface area contributed by atoms with E-state index in [0.717, 1.165) is 36.8 Å². The van der Waals surface area contributed by atoms with Gasteiger partial charge < -0.3 is 0 Å². The molecule has 0 fully saturated rings. The average Bonchev–Trinajstić information content (AvgIpc) is 2.51. The molecule has 0 bridgehead atoms. The van der Waals surface area contributed by atoms with E-state index in [4.69, 9.17) is 11.6 Å². The smallest absolute Gasteiger partial charge is 0.123 e. The van der Waals surface area contributed by atoms with Crippen LogP contribution in [-0.4, -0.2) is 5.88 Å². The maximum absolute atomic E-state index is 13.6. The van der Waals surface area contributed by atoms with Crippen LogP contribution in [0.2, 0.25) is 0 Å². The number of alkyl halides is 1. The third kappa shape index (κ3) is 2.72. The summed E-state index contributed by atoms with van der Waals surface area (Å²) in [5, 5.41) is 0. The molecule has 1 atom stereocenters. The first-order valence-corrected chi connectivity index (χ1v) is 8.07. The van der Waals surface area contributed by atoms with Gasteiger partial charge in [0.25, 0.3) is 0 Å². The summed E-state index contributed by atoms with van der Waals surface area (Å²) in [4.78, 5) is 0. The standard InChI is InChI=1S/C19H20ClF/c1-14-8-9-17(21)11-16(14)12-19(13-20)10-4-6-15-5-2-3-7-18(15)19/h2-3,5,7-9,11H,4,6,10,12-13H2,1H3. The van der Waals surface area contributed by atoms with E-state index in [2.05, 4.69) is 24.3 Å². The lowest BCUT2D eigenvalue weighted by molar-refractivity contribution is 0.395. The molecule has 1 aliphatic rings. The highest BCUT2D eigenvalue weighted by Crippen LogP contribution is 2.41. The van der Waals surface area contributed by atoms with Gasteiger partial charge in [0.15, 0.2) is 0 Å². The van der Waals surface area contributed by atoms with Gasteiger partial charge in [-0.15, -0.1) is 11.6 Å². The second kappa shape index (κ2) is 5.81. The van der Waals surface area contributed by atoms with Crippen LogP contribution < -0.4 is 0 Å². The predicted octanol–water partition coefficient (Wildman–Crippen LogP) is 5.19. The molecule has 2 heteroatoms. The van der Waals surface area contributed by atoms with Crippen LogP contribution in [0.1, 0.15) is 35.1 Å². The minimum Gasteiger partial charge on any atom is -0.207 e. The zero-order valence-electron chi connectivity index (χ0n) is 12.3. The number of benzene rings is 2. The SMILES string of the molecule is Cc1ccc(F)cc1CC1(CCl)CCCc2ccccc21. The lowest BCUT2D eigenvalue weighted by atomic mass is 9.67. The Morgan fingerprint density at radius 2 is 2.00 bits per heavy atom. The van der Waals surface area contributed by atoms with Gasteiger partial charge in [0.05, 0.1) is 0 Å². The van der Waals surface area contributed by atoms with E-state index >= 15 is 0 Å². The largest absolute Gasteiger partial charge is 0.207 e. The minimum absolute atomic E-state index is 0.0606. The monoisotopic (exact) mass is 302 g/mol. The second-order valence-electron chi connectivity index (χ2n) is 6.17. The van der Waals surface area contributed by atoms with Crippen LogP contribution in [-0.2, 0) is 18.3 Å². The van der Waals surface area contributed by atoms with Crippen molar-refractivity contribution < 1.29 is 4.39 Å². The number of rotatable bonds is 3. The fourth-order valence-corrected chi connectivity index (χ4v) is 3.94. The first kappa shape index (κ1) is 14.6. The molecule has 1 aliphatic carbocycles. The lowest BCUT2D eigenvalue weighted by Crippen LogP contribution is -2.35. The van der Waals surface area contributed by atoms with Crippen LogP contribution in [0.3, 0.4) is 0 Å². The molecule has 1 unspecified atom stereocenters. The quantitative estimate of drug-likeness (QED) is 0.684. The Kier molecular flexibility index (Phi) is 4.03. The molecular weight excluding hydrogens is 283 g/mol. The van der Waals surface area contributed by atoms with Crippen LogP contribution in [0.25, 0.3) is 0 Å². The summed E-state index contributed by atoms with van der Waals surface area (Å²) in [7, 11) is 0. The zero-order valence-corrected chi connectivity index (χ0v) is 13.1. The van der Waals surface area contributed by atoms with E-state index in [-0.39, 0.29) is 11.2 Å². The molecule has 110 valence electrons. The Labute approximate surface area is 131 Å². The van der Waals surface area contributed by atoms with Crippen molar-refractivity contribution in [2.45, 2.75) is 38.0 Å². The van der Waals surface area contributed by atoms with Crippen molar-refractivity contribution >= 4 is 11.6 Å². The molecule has 2 aromatic carbocycles. The van der Waals surface area contributed by atoms with Gasteiger partial charge in [0.1, 0.15) is 5.82 Å². The van der Waals surface area contributed by atoms with Crippen molar-refractivity contribution in [3.63, 3.8) is 0 Å². The lowest BCUT2D eigenvalue weighted by Gasteiger charge is -2.38. The summed E-state index contributed by atoms with van der Waals surface area (Å²) in [6.45, 7) is 2.05. The molecule has 0 radical (unpaired) electrons. The predicted molar refractivity (Wildman–Crippen MR) is 86.6 cm³/mol. The fourth-order valence-electron chi connectivity index (χ4n) is 3.57. The third-order valence-corrected chi connectivity index (χ3v) is 5.30. The molecule has 21 heavy (non-hydrogen) atoms. The van der Waals surface area contributed by atoms with Crippen LogP contribution in [0.5, 0.6) is 0 Å². The molecule has 0 aliphatic heterocycles. The van der Waals surface area contributed by atoms with Crippen LogP contribution in [0, 0.1) is 12.7 Å². The summed E-state index contributed by atoms with van der Waals surface area (Å²) in [6.07, 6.45) is 4.16. The van der Waals surface area contributed by atoms with Crippen molar-refractivity contribution in [1.29, 1.82) is 0 Å². The van der Waals surface area contributed by atoms with Crippen molar-refractivity contribution in [2.24, 2.45) is 0 Å². The van der Waals surface area contributed by atoms with Crippen molar-refractivity contribution in [2.75, 3.05) is 5.88 Å². The molecule has 0 aromatic heterocycles. The Morgan fingerprint density at radius 1 is 1.19 bits per heavy atom. The summed E-state index contributed by atoms with van der Waals surface area (Å²) < 4.78 is 13.6. The highest BCUT2D eigenvalue weighted by atomic mass is 35.5. The van der Waals surface area contributed by atoms with Gasteiger partial charge in [-0.25, -0.2) is 4.39 Å². The summed E-state index contributed by atoms with van der Waals surface area (Å²) >= 11 is 6.41. The number of fused-ring (bicyclic) bond motifs is 1. The van der Waals surface area contributed by atoms with Crippen LogP contribution in [0.4, 0.5) is 4.39 Å². The number of halogens is 2.